The predicted octanol–water partition coefficient (Wildman–Crippen LogP) is 3.05. The van der Waals surface area contributed by atoms with Crippen molar-refractivity contribution in [3.8, 4) is 11.4 Å². The highest BCUT2D eigenvalue weighted by Crippen LogP contribution is 2.28. The number of benzene rings is 1. The van der Waals surface area contributed by atoms with Crippen LogP contribution in [0.2, 0.25) is 10.0 Å². The molecule has 0 aliphatic heterocycles. The van der Waals surface area contributed by atoms with Gasteiger partial charge in [0.05, 0.1) is 5.02 Å². The normalized spacial score (nSPS) is 9.73. The van der Waals surface area contributed by atoms with E-state index in [9.17, 15) is 0 Å². The SMILES string of the molecule is Cl.Nc1nc(-c2ccc(Cl)cc2Cl)no1. The summed E-state index contributed by atoms with van der Waals surface area (Å²) in [5.74, 6) is 0.351. The number of nitrogens with two attached hydrogens (primary N) is 1. The van der Waals surface area contributed by atoms with Gasteiger partial charge in [-0.05, 0) is 18.2 Å². The average molecular weight is 267 g/mol. The van der Waals surface area contributed by atoms with E-state index in [1.54, 1.807) is 18.2 Å². The molecule has 7 heteroatoms. The van der Waals surface area contributed by atoms with Crippen molar-refractivity contribution in [1.29, 1.82) is 0 Å². The van der Waals surface area contributed by atoms with Crippen LogP contribution in [-0.4, -0.2) is 10.1 Å². The van der Waals surface area contributed by atoms with Gasteiger partial charge < -0.3 is 10.3 Å². The van der Waals surface area contributed by atoms with Gasteiger partial charge in [-0.3, -0.25) is 0 Å². The second-order valence-corrected chi connectivity index (χ2v) is 3.42. The Bertz CT molecular complexity index is 472. The largest absolute Gasteiger partial charge is 0.351 e. The number of hydrogen-bond acceptors (Lipinski definition) is 4. The molecule has 0 atom stereocenters. The molecule has 0 bridgehead atoms. The van der Waals surface area contributed by atoms with Crippen molar-refractivity contribution in [2.75, 3.05) is 5.73 Å². The maximum absolute atomic E-state index is 5.93. The molecule has 0 aliphatic rings. The molecule has 80 valence electrons. The zero-order valence-electron chi connectivity index (χ0n) is 7.28. The lowest BCUT2D eigenvalue weighted by atomic mass is 10.2. The lowest BCUT2D eigenvalue weighted by molar-refractivity contribution is 0.437. The summed E-state index contributed by atoms with van der Waals surface area (Å²) in [6, 6.07) is 5.00. The summed E-state index contributed by atoms with van der Waals surface area (Å²) in [5.41, 5.74) is 5.92. The highest BCUT2D eigenvalue weighted by Gasteiger charge is 2.10. The van der Waals surface area contributed by atoms with Crippen LogP contribution in [0.15, 0.2) is 22.7 Å². The summed E-state index contributed by atoms with van der Waals surface area (Å²) >= 11 is 11.7. The lowest BCUT2D eigenvalue weighted by Crippen LogP contribution is -1.85. The van der Waals surface area contributed by atoms with E-state index in [-0.39, 0.29) is 18.4 Å². The Morgan fingerprint density at radius 3 is 2.53 bits per heavy atom. The van der Waals surface area contributed by atoms with Gasteiger partial charge in [0.2, 0.25) is 5.82 Å². The Labute approximate surface area is 102 Å². The average Bonchev–Trinajstić information content (AvgIpc) is 2.51. The minimum atomic E-state index is 0. The maximum atomic E-state index is 5.93. The van der Waals surface area contributed by atoms with E-state index in [2.05, 4.69) is 14.7 Å². The smallest absolute Gasteiger partial charge is 0.319 e. The highest BCUT2D eigenvalue weighted by atomic mass is 35.5. The Hall–Kier alpha value is -0.970. The number of nitrogens with zero attached hydrogens (tertiary/aromatic N) is 2. The summed E-state index contributed by atoms with van der Waals surface area (Å²) in [6.45, 7) is 0. The van der Waals surface area contributed by atoms with Crippen molar-refractivity contribution >= 4 is 41.6 Å². The predicted molar refractivity (Wildman–Crippen MR) is 61.4 cm³/mol. The van der Waals surface area contributed by atoms with Gasteiger partial charge in [0.15, 0.2) is 0 Å². The fourth-order valence-corrected chi connectivity index (χ4v) is 1.51. The molecule has 0 saturated heterocycles. The van der Waals surface area contributed by atoms with E-state index in [0.717, 1.165) is 0 Å². The maximum Gasteiger partial charge on any atom is 0.319 e. The zero-order chi connectivity index (χ0) is 10.1. The van der Waals surface area contributed by atoms with Crippen molar-refractivity contribution in [2.24, 2.45) is 0 Å². The van der Waals surface area contributed by atoms with Crippen molar-refractivity contribution < 1.29 is 4.52 Å². The highest BCUT2D eigenvalue weighted by molar-refractivity contribution is 6.36. The molecule has 2 N–H and O–H groups in total. The molecule has 1 heterocycles. The fraction of sp³-hybridized carbons (Fsp3) is 0. The molecule has 4 nitrogen and oxygen atoms in total. The van der Waals surface area contributed by atoms with Crippen LogP contribution in [0.25, 0.3) is 11.4 Å². The Kier molecular flexibility index (Phi) is 3.79. The molecule has 0 saturated carbocycles. The molecular formula is C8H6Cl3N3O. The fourth-order valence-electron chi connectivity index (χ4n) is 1.02. The Balaban J connectivity index is 0.00000112. The van der Waals surface area contributed by atoms with Crippen LogP contribution in [0, 0.1) is 0 Å². The van der Waals surface area contributed by atoms with E-state index >= 15 is 0 Å². The number of halogens is 3. The minimum Gasteiger partial charge on any atom is -0.351 e. The molecule has 0 radical (unpaired) electrons. The van der Waals surface area contributed by atoms with Crippen LogP contribution in [-0.2, 0) is 0 Å². The van der Waals surface area contributed by atoms with E-state index in [1.165, 1.54) is 0 Å². The molecule has 1 aromatic carbocycles. The second kappa shape index (κ2) is 4.70. The standard InChI is InChI=1S/C8H5Cl2N3O.ClH/c9-4-1-2-5(6(10)3-4)7-12-8(11)14-13-7;/h1-3H,(H2,11,12,13);1H. The third-order valence-electron chi connectivity index (χ3n) is 1.61. The second-order valence-electron chi connectivity index (χ2n) is 2.58. The monoisotopic (exact) mass is 265 g/mol. The van der Waals surface area contributed by atoms with Crippen LogP contribution in [0.3, 0.4) is 0 Å². The van der Waals surface area contributed by atoms with Crippen molar-refractivity contribution in [3.05, 3.63) is 28.2 Å². The summed E-state index contributed by atoms with van der Waals surface area (Å²) in [5, 5.41) is 4.65. The number of rotatable bonds is 1. The molecule has 0 spiro atoms. The Morgan fingerprint density at radius 2 is 2.00 bits per heavy atom. The van der Waals surface area contributed by atoms with Gasteiger partial charge in [-0.15, -0.1) is 12.4 Å². The third-order valence-corrected chi connectivity index (χ3v) is 2.16. The quantitative estimate of drug-likeness (QED) is 0.861. The van der Waals surface area contributed by atoms with Crippen LogP contribution < -0.4 is 5.73 Å². The first kappa shape index (κ1) is 12.1. The molecule has 2 aromatic rings. The van der Waals surface area contributed by atoms with Gasteiger partial charge in [0.1, 0.15) is 0 Å². The van der Waals surface area contributed by atoms with Gasteiger partial charge in [-0.25, -0.2) is 0 Å². The van der Waals surface area contributed by atoms with Crippen LogP contribution in [0.4, 0.5) is 6.01 Å². The number of aromatic nitrogens is 2. The molecule has 0 aliphatic carbocycles. The van der Waals surface area contributed by atoms with Gasteiger partial charge in [-0.1, -0.05) is 28.4 Å². The lowest BCUT2D eigenvalue weighted by Gasteiger charge is -1.97. The number of anilines is 1. The summed E-state index contributed by atoms with van der Waals surface area (Å²) in [6.07, 6.45) is 0. The van der Waals surface area contributed by atoms with Crippen LogP contribution in [0.1, 0.15) is 0 Å². The van der Waals surface area contributed by atoms with Crippen molar-refractivity contribution in [2.45, 2.75) is 0 Å². The van der Waals surface area contributed by atoms with E-state index in [0.29, 0.717) is 21.4 Å². The summed E-state index contributed by atoms with van der Waals surface area (Å²) in [4.78, 5) is 3.84. The molecule has 2 rings (SSSR count). The number of nitrogen functional groups attached to an aromatic ring is 1. The van der Waals surface area contributed by atoms with Crippen molar-refractivity contribution in [3.63, 3.8) is 0 Å². The molecular weight excluding hydrogens is 260 g/mol. The zero-order valence-corrected chi connectivity index (χ0v) is 9.60. The third kappa shape index (κ3) is 2.53. The molecule has 0 fully saturated rings. The first-order valence-electron chi connectivity index (χ1n) is 3.71. The van der Waals surface area contributed by atoms with Crippen molar-refractivity contribution in [1.82, 2.24) is 10.1 Å². The van der Waals surface area contributed by atoms with E-state index in [1.807, 2.05) is 0 Å². The Morgan fingerprint density at radius 1 is 1.27 bits per heavy atom. The van der Waals surface area contributed by atoms with Crippen LogP contribution in [0.5, 0.6) is 0 Å². The minimum absolute atomic E-state index is 0. The molecule has 0 unspecified atom stereocenters. The summed E-state index contributed by atoms with van der Waals surface area (Å²) < 4.78 is 4.63. The van der Waals surface area contributed by atoms with Crippen LogP contribution >= 0.6 is 35.6 Å². The number of hydrogen-bond donors (Lipinski definition) is 1. The van der Waals surface area contributed by atoms with Gasteiger partial charge in [0.25, 0.3) is 0 Å². The first-order valence-corrected chi connectivity index (χ1v) is 4.47. The molecule has 1 aromatic heterocycles. The van der Waals surface area contributed by atoms with Gasteiger partial charge >= 0.3 is 6.01 Å². The summed E-state index contributed by atoms with van der Waals surface area (Å²) in [7, 11) is 0. The van der Waals surface area contributed by atoms with Gasteiger partial charge in [0, 0.05) is 10.6 Å². The van der Waals surface area contributed by atoms with E-state index < -0.39 is 0 Å². The molecule has 15 heavy (non-hydrogen) atoms. The first-order chi connectivity index (χ1) is 6.66. The van der Waals surface area contributed by atoms with Gasteiger partial charge in [-0.2, -0.15) is 4.98 Å². The van der Waals surface area contributed by atoms with E-state index in [4.69, 9.17) is 28.9 Å². The topological polar surface area (TPSA) is 64.9 Å². The molecule has 0 amide bonds.